The minimum atomic E-state index is -1.53. The molecule has 1 saturated heterocycles. The van der Waals surface area contributed by atoms with Gasteiger partial charge in [0.05, 0.1) is 6.61 Å². The maximum absolute atomic E-state index is 10.2. The second-order valence-electron chi connectivity index (χ2n) is 7.87. The minimum absolute atomic E-state index is 0.203. The Kier molecular flexibility index (Phi) is 6.45. The van der Waals surface area contributed by atoms with Gasteiger partial charge in [-0.05, 0) is 35.7 Å². The molecular weight excluding hydrogens is 416 g/mol. The van der Waals surface area contributed by atoms with Crippen LogP contribution in [-0.2, 0) is 11.2 Å². The van der Waals surface area contributed by atoms with Gasteiger partial charge in [0.2, 0.25) is 12.2 Å². The van der Waals surface area contributed by atoms with Gasteiger partial charge in [-0.15, -0.1) is 5.10 Å². The monoisotopic (exact) mass is 442 g/mol. The molecule has 9 nitrogen and oxygen atoms in total. The smallest absolute Gasteiger partial charge is 0.238 e. The van der Waals surface area contributed by atoms with Gasteiger partial charge in [-0.1, -0.05) is 36.4 Å². The number of aromatic nitrogens is 2. The van der Waals surface area contributed by atoms with E-state index in [4.69, 9.17) is 9.47 Å². The number of hydrogen-bond acceptors (Lipinski definition) is 8. The molecule has 2 aromatic carbocycles. The molecule has 1 aliphatic rings. The van der Waals surface area contributed by atoms with Crippen molar-refractivity contribution in [3.8, 4) is 22.8 Å². The van der Waals surface area contributed by atoms with Gasteiger partial charge in [-0.25, -0.2) is 0 Å². The number of hydrogen-bond donors (Lipinski definition) is 6. The topological polar surface area (TPSA) is 148 Å². The van der Waals surface area contributed by atoms with E-state index in [9.17, 15) is 25.5 Å². The first-order valence-electron chi connectivity index (χ1n) is 10.3. The molecular formula is C23H26N2O7. The quantitative estimate of drug-likeness (QED) is 0.329. The Bertz CT molecular complexity index is 1030. The zero-order chi connectivity index (χ0) is 22.8. The number of rotatable bonds is 6. The number of nitrogens with zero attached hydrogens (tertiary/aromatic N) is 1. The summed E-state index contributed by atoms with van der Waals surface area (Å²) in [7, 11) is 0. The first-order chi connectivity index (χ1) is 15.4. The number of aromatic hydroxyl groups is 1. The zero-order valence-electron chi connectivity index (χ0n) is 17.4. The number of phenolic OH excluding ortho intramolecular Hbond substituents is 1. The molecule has 1 aliphatic heterocycles. The molecule has 9 heteroatoms. The summed E-state index contributed by atoms with van der Waals surface area (Å²) in [5.41, 5.74) is 4.51. The van der Waals surface area contributed by atoms with Crippen molar-refractivity contribution in [1.29, 1.82) is 0 Å². The predicted octanol–water partition coefficient (Wildman–Crippen LogP) is 0.860. The molecule has 3 aromatic rings. The van der Waals surface area contributed by atoms with Crippen LogP contribution >= 0.6 is 0 Å². The van der Waals surface area contributed by atoms with E-state index < -0.39 is 37.3 Å². The number of ether oxygens (including phenoxy) is 2. The van der Waals surface area contributed by atoms with Crippen molar-refractivity contribution in [3.63, 3.8) is 0 Å². The molecule has 32 heavy (non-hydrogen) atoms. The van der Waals surface area contributed by atoms with Crippen LogP contribution in [0.15, 0.2) is 48.5 Å². The lowest BCUT2D eigenvalue weighted by atomic mass is 9.99. The van der Waals surface area contributed by atoms with E-state index in [1.165, 1.54) is 0 Å². The third kappa shape index (κ3) is 4.47. The summed E-state index contributed by atoms with van der Waals surface area (Å²) in [6.45, 7) is 1.30. The third-order valence-electron chi connectivity index (χ3n) is 5.65. The molecule has 0 unspecified atom stereocenters. The van der Waals surface area contributed by atoms with E-state index in [0.29, 0.717) is 6.42 Å². The van der Waals surface area contributed by atoms with Gasteiger partial charge in [0.25, 0.3) is 0 Å². The summed E-state index contributed by atoms with van der Waals surface area (Å²) in [6.07, 6.45) is -6.37. The number of H-pyrrole nitrogens is 1. The normalized spacial score (nSPS) is 25.6. The van der Waals surface area contributed by atoms with Crippen LogP contribution in [0.25, 0.3) is 11.1 Å². The van der Waals surface area contributed by atoms with E-state index in [0.717, 1.165) is 27.9 Å². The number of aliphatic hydroxyl groups is 4. The van der Waals surface area contributed by atoms with E-state index in [-0.39, 0.29) is 11.6 Å². The first-order valence-corrected chi connectivity index (χ1v) is 10.3. The molecule has 0 bridgehead atoms. The summed E-state index contributed by atoms with van der Waals surface area (Å²) in [5, 5.41) is 55.9. The molecule has 6 N–H and O–H groups in total. The summed E-state index contributed by atoms with van der Waals surface area (Å²) in [5.74, 6) is 0.419. The van der Waals surface area contributed by atoms with Crippen LogP contribution < -0.4 is 4.74 Å². The fourth-order valence-electron chi connectivity index (χ4n) is 3.68. The van der Waals surface area contributed by atoms with Crippen LogP contribution in [0.5, 0.6) is 11.6 Å². The number of benzene rings is 2. The maximum Gasteiger partial charge on any atom is 0.238 e. The van der Waals surface area contributed by atoms with Crippen molar-refractivity contribution in [2.75, 3.05) is 6.61 Å². The Labute approximate surface area is 184 Å². The molecule has 1 aromatic heterocycles. The van der Waals surface area contributed by atoms with Gasteiger partial charge >= 0.3 is 0 Å². The van der Waals surface area contributed by atoms with Gasteiger partial charge in [0.1, 0.15) is 30.2 Å². The van der Waals surface area contributed by atoms with Crippen LogP contribution in [0.1, 0.15) is 16.8 Å². The predicted molar refractivity (Wildman–Crippen MR) is 114 cm³/mol. The first kappa shape index (κ1) is 22.3. The van der Waals surface area contributed by atoms with Gasteiger partial charge in [0.15, 0.2) is 0 Å². The highest BCUT2D eigenvalue weighted by molar-refractivity contribution is 5.64. The Morgan fingerprint density at radius 2 is 1.56 bits per heavy atom. The highest BCUT2D eigenvalue weighted by Gasteiger charge is 2.45. The van der Waals surface area contributed by atoms with Gasteiger partial charge in [-0.3, -0.25) is 5.10 Å². The van der Waals surface area contributed by atoms with E-state index in [2.05, 4.69) is 10.2 Å². The number of phenols is 1. The fraction of sp³-hybridized carbons (Fsp3) is 0.348. The van der Waals surface area contributed by atoms with Crippen LogP contribution in [0.2, 0.25) is 0 Å². The molecule has 0 saturated carbocycles. The molecule has 0 spiro atoms. The number of aliphatic hydroxyl groups excluding tert-OH is 4. The van der Waals surface area contributed by atoms with Crippen molar-refractivity contribution in [2.24, 2.45) is 0 Å². The molecule has 5 atom stereocenters. The highest BCUT2D eigenvalue weighted by atomic mass is 16.7. The zero-order valence-corrected chi connectivity index (χ0v) is 17.4. The maximum atomic E-state index is 10.2. The molecule has 0 radical (unpaired) electrons. The van der Waals surface area contributed by atoms with Crippen molar-refractivity contribution in [3.05, 3.63) is 65.4 Å². The average Bonchev–Trinajstić information content (AvgIpc) is 3.14. The van der Waals surface area contributed by atoms with Crippen molar-refractivity contribution >= 4 is 0 Å². The Hall–Kier alpha value is -2.95. The van der Waals surface area contributed by atoms with Crippen molar-refractivity contribution < 1.29 is 35.0 Å². The van der Waals surface area contributed by atoms with E-state index in [1.807, 2.05) is 43.3 Å². The SMILES string of the molecule is Cc1[nH]nc(O[C@@H]2O[C@H](CO)[C@@H](O)[C@H](O)[C@H]2O)c1Cc1ccc(-c2ccc(O)cc2)cc1. The third-order valence-corrected chi connectivity index (χ3v) is 5.65. The Morgan fingerprint density at radius 1 is 0.938 bits per heavy atom. The number of nitrogens with one attached hydrogen (secondary N) is 1. The van der Waals surface area contributed by atoms with Crippen molar-refractivity contribution in [2.45, 2.75) is 44.1 Å². The van der Waals surface area contributed by atoms with Gasteiger partial charge < -0.3 is 35.0 Å². The standard InChI is InChI=1S/C23H26N2O7/c1-12-17(10-13-2-4-14(5-3-13)15-6-8-16(27)9-7-15)22(25-24-12)32-23-21(30)20(29)19(28)18(11-26)31-23/h2-9,18-21,23,26-30H,10-11H2,1H3,(H,24,25)/t18-,19-,20+,21-,23+/m1/s1. The summed E-state index contributed by atoms with van der Waals surface area (Å²) >= 11 is 0. The molecule has 170 valence electrons. The van der Waals surface area contributed by atoms with Gasteiger partial charge in [-0.2, -0.15) is 0 Å². The second kappa shape index (κ2) is 9.27. The van der Waals surface area contributed by atoms with Crippen LogP contribution in [-0.4, -0.2) is 73.0 Å². The summed E-state index contributed by atoms with van der Waals surface area (Å²) < 4.78 is 11.1. The Balaban J connectivity index is 1.50. The molecule has 0 aliphatic carbocycles. The van der Waals surface area contributed by atoms with E-state index >= 15 is 0 Å². The number of aryl methyl sites for hydroxylation is 1. The minimum Gasteiger partial charge on any atom is -0.508 e. The fourth-order valence-corrected chi connectivity index (χ4v) is 3.68. The Morgan fingerprint density at radius 3 is 2.19 bits per heavy atom. The lowest BCUT2D eigenvalue weighted by molar-refractivity contribution is -0.278. The molecule has 4 rings (SSSR count). The average molecular weight is 442 g/mol. The van der Waals surface area contributed by atoms with Crippen LogP contribution in [0, 0.1) is 6.92 Å². The largest absolute Gasteiger partial charge is 0.508 e. The van der Waals surface area contributed by atoms with Crippen molar-refractivity contribution in [1.82, 2.24) is 10.2 Å². The molecule has 1 fully saturated rings. The van der Waals surface area contributed by atoms with Gasteiger partial charge in [0, 0.05) is 17.7 Å². The summed E-state index contributed by atoms with van der Waals surface area (Å²) in [4.78, 5) is 0. The second-order valence-corrected chi connectivity index (χ2v) is 7.87. The molecule has 2 heterocycles. The van der Waals surface area contributed by atoms with Crippen LogP contribution in [0.3, 0.4) is 0 Å². The molecule has 0 amide bonds. The van der Waals surface area contributed by atoms with E-state index in [1.54, 1.807) is 12.1 Å². The summed E-state index contributed by atoms with van der Waals surface area (Å²) in [6, 6.07) is 14.9. The lowest BCUT2D eigenvalue weighted by Crippen LogP contribution is -2.60. The highest BCUT2D eigenvalue weighted by Crippen LogP contribution is 2.29. The van der Waals surface area contributed by atoms with Crippen LogP contribution in [0.4, 0.5) is 0 Å². The lowest BCUT2D eigenvalue weighted by Gasteiger charge is -2.39. The number of aromatic amines is 1.